The summed E-state index contributed by atoms with van der Waals surface area (Å²) < 4.78 is 2.71. The van der Waals surface area contributed by atoms with E-state index in [4.69, 9.17) is 0 Å². The Labute approximate surface area is 126 Å². The first-order valence-corrected chi connectivity index (χ1v) is 7.03. The average molecular weight is 337 g/mol. The van der Waals surface area contributed by atoms with Crippen molar-refractivity contribution in [1.82, 2.24) is 20.0 Å². The maximum Gasteiger partial charge on any atom is 0.273 e. The highest BCUT2D eigenvalue weighted by Crippen LogP contribution is 2.20. The van der Waals surface area contributed by atoms with Gasteiger partial charge in [-0.15, -0.1) is 0 Å². The third-order valence-electron chi connectivity index (χ3n) is 2.88. The summed E-state index contributed by atoms with van der Waals surface area (Å²) in [7, 11) is 5.33. The molecule has 0 fully saturated rings. The second-order valence-electron chi connectivity index (χ2n) is 4.65. The highest BCUT2D eigenvalue weighted by atomic mass is 79.9. The van der Waals surface area contributed by atoms with Gasteiger partial charge >= 0.3 is 0 Å². The Bertz CT molecular complexity index is 621. The molecule has 1 aromatic carbocycles. The number of nitrogens with one attached hydrogen (secondary N) is 1. The van der Waals surface area contributed by atoms with Gasteiger partial charge in [-0.1, -0.05) is 22.0 Å². The lowest BCUT2D eigenvalue weighted by Gasteiger charge is -2.10. The third kappa shape index (κ3) is 3.08. The molecule has 0 unspecified atom stereocenters. The van der Waals surface area contributed by atoms with Crippen LogP contribution < -0.4 is 5.32 Å². The third-order valence-corrected chi connectivity index (χ3v) is 3.37. The first kappa shape index (κ1) is 14.7. The van der Waals surface area contributed by atoms with Crippen LogP contribution in [-0.4, -0.2) is 41.7 Å². The van der Waals surface area contributed by atoms with Crippen LogP contribution in [0, 0.1) is 0 Å². The summed E-state index contributed by atoms with van der Waals surface area (Å²) in [4.78, 5) is 13.4. The van der Waals surface area contributed by atoms with Crippen LogP contribution in [-0.2, 0) is 6.54 Å². The van der Waals surface area contributed by atoms with Gasteiger partial charge in [0.05, 0.1) is 5.69 Å². The van der Waals surface area contributed by atoms with Crippen molar-refractivity contribution in [3.63, 3.8) is 0 Å². The molecular formula is C14H17BrN4O. The Balaban J connectivity index is 2.41. The number of carbonyl (C=O) groups is 1. The minimum Gasteiger partial charge on any atom is -0.343 e. The fourth-order valence-corrected chi connectivity index (χ4v) is 2.24. The predicted octanol–water partition coefficient (Wildman–Crippen LogP) is 2.06. The number of rotatable bonds is 4. The number of halogens is 1. The summed E-state index contributed by atoms with van der Waals surface area (Å²) in [5.74, 6) is -0.103. The number of amides is 1. The molecule has 0 spiro atoms. The standard InChI is InChI=1S/C14H17BrN4O/c1-16-9-10-4-5-11(15)8-13(10)19-7-6-12(17-19)14(20)18(2)3/h4-8,16H,9H2,1-3H3. The molecule has 20 heavy (non-hydrogen) atoms. The zero-order valence-corrected chi connectivity index (χ0v) is 13.3. The first-order chi connectivity index (χ1) is 9.52. The molecule has 2 aromatic rings. The van der Waals surface area contributed by atoms with Crippen LogP contribution in [0.5, 0.6) is 0 Å². The van der Waals surface area contributed by atoms with Gasteiger partial charge in [-0.25, -0.2) is 4.68 Å². The highest BCUT2D eigenvalue weighted by molar-refractivity contribution is 9.10. The average Bonchev–Trinajstić information content (AvgIpc) is 2.89. The molecule has 1 N–H and O–H groups in total. The van der Waals surface area contributed by atoms with Crippen molar-refractivity contribution >= 4 is 21.8 Å². The van der Waals surface area contributed by atoms with Gasteiger partial charge in [0.25, 0.3) is 5.91 Å². The van der Waals surface area contributed by atoms with Crippen LogP contribution in [0.2, 0.25) is 0 Å². The quantitative estimate of drug-likeness (QED) is 0.929. The zero-order valence-electron chi connectivity index (χ0n) is 11.7. The molecule has 0 bridgehead atoms. The fraction of sp³-hybridized carbons (Fsp3) is 0.286. The number of hydrogen-bond acceptors (Lipinski definition) is 3. The van der Waals surface area contributed by atoms with Crippen molar-refractivity contribution in [3.8, 4) is 5.69 Å². The Morgan fingerprint density at radius 1 is 1.40 bits per heavy atom. The molecule has 1 amide bonds. The van der Waals surface area contributed by atoms with E-state index in [1.165, 1.54) is 4.90 Å². The second kappa shape index (κ2) is 6.19. The molecule has 0 aliphatic carbocycles. The molecule has 0 aliphatic rings. The van der Waals surface area contributed by atoms with E-state index in [1.54, 1.807) is 31.0 Å². The van der Waals surface area contributed by atoms with E-state index in [0.717, 1.165) is 22.3 Å². The van der Waals surface area contributed by atoms with Gasteiger partial charge in [-0.3, -0.25) is 4.79 Å². The Kier molecular flexibility index (Phi) is 4.57. The maximum atomic E-state index is 11.9. The molecule has 0 saturated heterocycles. The Hall–Kier alpha value is -1.66. The van der Waals surface area contributed by atoms with Crippen LogP contribution in [0.3, 0.4) is 0 Å². The lowest BCUT2D eigenvalue weighted by Crippen LogP contribution is -2.22. The van der Waals surface area contributed by atoms with Crippen molar-refractivity contribution in [2.75, 3.05) is 21.1 Å². The zero-order chi connectivity index (χ0) is 14.7. The van der Waals surface area contributed by atoms with Crippen molar-refractivity contribution in [2.45, 2.75) is 6.54 Å². The topological polar surface area (TPSA) is 50.2 Å². The molecule has 1 heterocycles. The van der Waals surface area contributed by atoms with Crippen LogP contribution in [0.1, 0.15) is 16.1 Å². The fourth-order valence-electron chi connectivity index (χ4n) is 1.89. The SMILES string of the molecule is CNCc1ccc(Br)cc1-n1ccc(C(=O)N(C)C)n1. The molecule has 1 aromatic heterocycles. The minimum absolute atomic E-state index is 0.103. The molecule has 0 atom stereocenters. The molecule has 5 nitrogen and oxygen atoms in total. The minimum atomic E-state index is -0.103. The lowest BCUT2D eigenvalue weighted by atomic mass is 10.2. The van der Waals surface area contributed by atoms with Crippen molar-refractivity contribution in [2.24, 2.45) is 0 Å². The summed E-state index contributed by atoms with van der Waals surface area (Å²) in [5, 5.41) is 7.49. The molecular weight excluding hydrogens is 320 g/mol. The molecule has 6 heteroatoms. The summed E-state index contributed by atoms with van der Waals surface area (Å²) in [6, 6.07) is 7.74. The summed E-state index contributed by atoms with van der Waals surface area (Å²) in [6.07, 6.45) is 1.80. The summed E-state index contributed by atoms with van der Waals surface area (Å²) in [5.41, 5.74) is 2.50. The van der Waals surface area contributed by atoms with Gasteiger partial charge in [-0.2, -0.15) is 5.10 Å². The van der Waals surface area contributed by atoms with Gasteiger partial charge in [0.2, 0.25) is 0 Å². The van der Waals surface area contributed by atoms with E-state index >= 15 is 0 Å². The highest BCUT2D eigenvalue weighted by Gasteiger charge is 2.13. The smallest absolute Gasteiger partial charge is 0.273 e. The van der Waals surface area contributed by atoms with E-state index in [0.29, 0.717) is 5.69 Å². The Morgan fingerprint density at radius 3 is 2.80 bits per heavy atom. The van der Waals surface area contributed by atoms with Crippen LogP contribution >= 0.6 is 15.9 Å². The number of nitrogens with zero attached hydrogens (tertiary/aromatic N) is 3. The molecule has 0 saturated carbocycles. The number of carbonyl (C=O) groups excluding carboxylic acids is 1. The second-order valence-corrected chi connectivity index (χ2v) is 5.56. The normalized spacial score (nSPS) is 10.6. The van der Waals surface area contributed by atoms with E-state index in [1.807, 2.05) is 25.2 Å². The van der Waals surface area contributed by atoms with E-state index in [2.05, 4.69) is 26.3 Å². The molecule has 0 aliphatic heterocycles. The lowest BCUT2D eigenvalue weighted by molar-refractivity contribution is 0.0821. The maximum absolute atomic E-state index is 11.9. The van der Waals surface area contributed by atoms with Gasteiger partial charge in [0, 0.05) is 31.3 Å². The Morgan fingerprint density at radius 2 is 2.15 bits per heavy atom. The van der Waals surface area contributed by atoms with Crippen molar-refractivity contribution < 1.29 is 4.79 Å². The molecule has 0 radical (unpaired) electrons. The van der Waals surface area contributed by atoms with Crippen LogP contribution in [0.4, 0.5) is 0 Å². The van der Waals surface area contributed by atoms with E-state index in [9.17, 15) is 4.79 Å². The van der Waals surface area contributed by atoms with Crippen LogP contribution in [0.25, 0.3) is 5.69 Å². The first-order valence-electron chi connectivity index (χ1n) is 6.23. The van der Waals surface area contributed by atoms with Gasteiger partial charge in [0.15, 0.2) is 5.69 Å². The molecule has 2 rings (SSSR count). The predicted molar refractivity (Wildman–Crippen MR) is 82.0 cm³/mol. The molecule has 106 valence electrons. The largest absolute Gasteiger partial charge is 0.343 e. The van der Waals surface area contributed by atoms with Crippen LogP contribution in [0.15, 0.2) is 34.9 Å². The van der Waals surface area contributed by atoms with E-state index in [-0.39, 0.29) is 5.91 Å². The monoisotopic (exact) mass is 336 g/mol. The van der Waals surface area contributed by atoms with Crippen molar-refractivity contribution in [3.05, 3.63) is 46.2 Å². The summed E-state index contributed by atoms with van der Waals surface area (Å²) in [6.45, 7) is 0.736. The number of hydrogen-bond donors (Lipinski definition) is 1. The summed E-state index contributed by atoms with van der Waals surface area (Å²) >= 11 is 3.47. The number of benzene rings is 1. The van der Waals surface area contributed by atoms with Crippen molar-refractivity contribution in [1.29, 1.82) is 0 Å². The van der Waals surface area contributed by atoms with Gasteiger partial charge in [-0.05, 0) is 30.8 Å². The van der Waals surface area contributed by atoms with Gasteiger partial charge < -0.3 is 10.2 Å². The number of aromatic nitrogens is 2. The van der Waals surface area contributed by atoms with E-state index < -0.39 is 0 Å². The van der Waals surface area contributed by atoms with Gasteiger partial charge in [0.1, 0.15) is 0 Å².